The summed E-state index contributed by atoms with van der Waals surface area (Å²) in [6.07, 6.45) is 3.71. The van der Waals surface area contributed by atoms with Crippen LogP contribution in [0.3, 0.4) is 0 Å². The van der Waals surface area contributed by atoms with Crippen LogP contribution >= 0.6 is 0 Å². The number of nitrogens with zero attached hydrogens (tertiary/aromatic N) is 2. The van der Waals surface area contributed by atoms with Gasteiger partial charge in [-0.1, -0.05) is 26.8 Å². The molecule has 0 aliphatic rings. The second kappa shape index (κ2) is 3.54. The second-order valence-corrected chi connectivity index (χ2v) is 4.66. The number of rotatable bonds is 1. The lowest BCUT2D eigenvalue weighted by atomic mass is 9.87. The summed E-state index contributed by atoms with van der Waals surface area (Å²) in [7, 11) is 0. The number of aromatic nitrogens is 2. The highest BCUT2D eigenvalue weighted by atomic mass is 15.3. The highest BCUT2D eigenvalue weighted by Gasteiger charge is 2.13. The molecule has 0 amide bonds. The molecule has 1 aromatic carbocycles. The van der Waals surface area contributed by atoms with E-state index in [2.05, 4.69) is 44.1 Å². The van der Waals surface area contributed by atoms with Crippen molar-refractivity contribution < 1.29 is 0 Å². The van der Waals surface area contributed by atoms with E-state index in [0.29, 0.717) is 0 Å². The molecule has 0 spiro atoms. The Morgan fingerprint density at radius 1 is 1.27 bits per heavy atom. The molecule has 0 saturated heterocycles. The summed E-state index contributed by atoms with van der Waals surface area (Å²) in [6, 6.07) is 11.4. The van der Waals surface area contributed by atoms with Crippen molar-refractivity contribution in [3.63, 3.8) is 0 Å². The first kappa shape index (κ1) is 9.97. The van der Waals surface area contributed by atoms with E-state index >= 15 is 0 Å². The first-order valence-electron chi connectivity index (χ1n) is 5.09. The van der Waals surface area contributed by atoms with Crippen molar-refractivity contribution in [3.05, 3.63) is 48.3 Å². The van der Waals surface area contributed by atoms with Gasteiger partial charge in [0.2, 0.25) is 0 Å². The van der Waals surface area contributed by atoms with Crippen molar-refractivity contribution in [3.8, 4) is 5.69 Å². The summed E-state index contributed by atoms with van der Waals surface area (Å²) < 4.78 is 1.84. The summed E-state index contributed by atoms with van der Waals surface area (Å²) in [5.74, 6) is 0. The first-order valence-corrected chi connectivity index (χ1v) is 5.09. The Hall–Kier alpha value is -1.57. The summed E-state index contributed by atoms with van der Waals surface area (Å²) in [5, 5.41) is 4.17. The zero-order valence-corrected chi connectivity index (χ0v) is 9.36. The van der Waals surface area contributed by atoms with Crippen molar-refractivity contribution in [2.75, 3.05) is 0 Å². The van der Waals surface area contributed by atoms with E-state index in [4.69, 9.17) is 0 Å². The van der Waals surface area contributed by atoms with Crippen LogP contribution in [0.15, 0.2) is 36.7 Å². The number of hydrogen-bond acceptors (Lipinski definition) is 1. The summed E-state index contributed by atoms with van der Waals surface area (Å²) in [6.45, 7) is 6.56. The predicted molar refractivity (Wildman–Crippen MR) is 61.1 cm³/mol. The number of hydrogen-bond donors (Lipinski definition) is 0. The molecule has 0 fully saturated rings. The van der Waals surface area contributed by atoms with Crippen molar-refractivity contribution >= 4 is 0 Å². The van der Waals surface area contributed by atoms with Crippen LogP contribution in [0, 0.1) is 6.07 Å². The second-order valence-electron chi connectivity index (χ2n) is 4.66. The fourth-order valence-electron chi connectivity index (χ4n) is 1.45. The van der Waals surface area contributed by atoms with Gasteiger partial charge in [-0.05, 0) is 35.2 Å². The van der Waals surface area contributed by atoms with E-state index in [0.717, 1.165) is 5.69 Å². The van der Waals surface area contributed by atoms with Gasteiger partial charge in [0.1, 0.15) is 0 Å². The molecule has 1 aromatic heterocycles. The van der Waals surface area contributed by atoms with Crippen LogP contribution in [0.1, 0.15) is 26.3 Å². The lowest BCUT2D eigenvalue weighted by Gasteiger charge is -2.18. The maximum Gasteiger partial charge on any atom is 0.0651 e. The molecular formula is C13H15N2. The monoisotopic (exact) mass is 199 g/mol. The van der Waals surface area contributed by atoms with E-state index in [1.807, 2.05) is 23.0 Å². The Bertz CT molecular complexity index is 419. The molecule has 2 aromatic rings. The van der Waals surface area contributed by atoms with Gasteiger partial charge < -0.3 is 0 Å². The Labute approximate surface area is 90.6 Å². The molecule has 0 N–H and O–H groups in total. The molecule has 0 unspecified atom stereocenters. The molecule has 2 rings (SSSR count). The molecule has 77 valence electrons. The van der Waals surface area contributed by atoms with Crippen molar-refractivity contribution in [2.45, 2.75) is 26.2 Å². The molecule has 2 nitrogen and oxygen atoms in total. The smallest absolute Gasteiger partial charge is 0.0651 e. The van der Waals surface area contributed by atoms with Gasteiger partial charge in [-0.2, -0.15) is 5.10 Å². The lowest BCUT2D eigenvalue weighted by Crippen LogP contribution is -2.11. The van der Waals surface area contributed by atoms with E-state index in [9.17, 15) is 0 Å². The average molecular weight is 199 g/mol. The number of benzene rings is 1. The minimum absolute atomic E-state index is 0.155. The third-order valence-corrected chi connectivity index (χ3v) is 2.37. The minimum Gasteiger partial charge on any atom is -0.241 e. The SMILES string of the molecule is CC(C)(C)c1[c]cc(-n2cccn2)cc1. The maximum atomic E-state index is 4.17. The van der Waals surface area contributed by atoms with Crippen LogP contribution in [-0.2, 0) is 5.41 Å². The van der Waals surface area contributed by atoms with E-state index in [1.54, 1.807) is 6.20 Å². The summed E-state index contributed by atoms with van der Waals surface area (Å²) in [5.41, 5.74) is 2.43. The Kier molecular flexibility index (Phi) is 2.35. The standard InChI is InChI=1S/C13H15N2/c1-13(2,3)11-5-7-12(8-6-11)15-10-4-9-14-15/h4-5,7-10H,1-3H3. The van der Waals surface area contributed by atoms with Crippen LogP contribution in [0.2, 0.25) is 0 Å². The van der Waals surface area contributed by atoms with Gasteiger partial charge in [-0.3, -0.25) is 0 Å². The molecule has 1 radical (unpaired) electrons. The van der Waals surface area contributed by atoms with Crippen LogP contribution in [-0.4, -0.2) is 9.78 Å². The Morgan fingerprint density at radius 2 is 2.07 bits per heavy atom. The molecule has 0 aliphatic heterocycles. The van der Waals surface area contributed by atoms with Crippen molar-refractivity contribution in [1.82, 2.24) is 9.78 Å². The first-order chi connectivity index (χ1) is 7.07. The topological polar surface area (TPSA) is 17.8 Å². The maximum absolute atomic E-state index is 4.17. The molecule has 0 atom stereocenters. The van der Waals surface area contributed by atoms with E-state index in [1.165, 1.54) is 5.56 Å². The van der Waals surface area contributed by atoms with Gasteiger partial charge in [-0.25, -0.2) is 4.68 Å². The quantitative estimate of drug-likeness (QED) is 0.690. The molecule has 2 heteroatoms. The highest BCUT2D eigenvalue weighted by molar-refractivity contribution is 5.35. The largest absolute Gasteiger partial charge is 0.241 e. The van der Waals surface area contributed by atoms with E-state index in [-0.39, 0.29) is 5.41 Å². The van der Waals surface area contributed by atoms with Gasteiger partial charge >= 0.3 is 0 Å². The highest BCUT2D eigenvalue weighted by Crippen LogP contribution is 2.22. The molecule has 15 heavy (non-hydrogen) atoms. The zero-order chi connectivity index (χ0) is 10.9. The third kappa shape index (κ3) is 2.09. The van der Waals surface area contributed by atoms with Gasteiger partial charge in [0.25, 0.3) is 0 Å². The summed E-state index contributed by atoms with van der Waals surface area (Å²) in [4.78, 5) is 0. The van der Waals surface area contributed by atoms with Crippen molar-refractivity contribution in [2.24, 2.45) is 0 Å². The van der Waals surface area contributed by atoms with Gasteiger partial charge in [0.05, 0.1) is 5.69 Å². The normalized spacial score (nSPS) is 11.7. The van der Waals surface area contributed by atoms with Crippen LogP contribution in [0.25, 0.3) is 5.69 Å². The third-order valence-electron chi connectivity index (χ3n) is 2.37. The molecule has 1 heterocycles. The fourth-order valence-corrected chi connectivity index (χ4v) is 1.45. The zero-order valence-electron chi connectivity index (χ0n) is 9.36. The lowest BCUT2D eigenvalue weighted by molar-refractivity contribution is 0.589. The molecule has 0 saturated carbocycles. The fraction of sp³-hybridized carbons (Fsp3) is 0.308. The molecule has 0 bridgehead atoms. The summed E-state index contributed by atoms with van der Waals surface area (Å²) >= 11 is 0. The van der Waals surface area contributed by atoms with Crippen LogP contribution in [0.4, 0.5) is 0 Å². The van der Waals surface area contributed by atoms with Gasteiger partial charge in [-0.15, -0.1) is 0 Å². The van der Waals surface area contributed by atoms with Crippen molar-refractivity contribution in [1.29, 1.82) is 0 Å². The minimum atomic E-state index is 0.155. The Morgan fingerprint density at radius 3 is 2.53 bits per heavy atom. The Balaban J connectivity index is 2.33. The molecule has 0 aliphatic carbocycles. The van der Waals surface area contributed by atoms with E-state index < -0.39 is 0 Å². The molecular weight excluding hydrogens is 184 g/mol. The van der Waals surface area contributed by atoms with Gasteiger partial charge in [0.15, 0.2) is 0 Å². The predicted octanol–water partition coefficient (Wildman–Crippen LogP) is 2.97. The van der Waals surface area contributed by atoms with Crippen LogP contribution < -0.4 is 0 Å². The average Bonchev–Trinajstić information content (AvgIpc) is 2.69. The van der Waals surface area contributed by atoms with Gasteiger partial charge in [0, 0.05) is 12.4 Å². The van der Waals surface area contributed by atoms with Crippen LogP contribution in [0.5, 0.6) is 0 Å².